The predicted octanol–water partition coefficient (Wildman–Crippen LogP) is 5.02. The summed E-state index contributed by atoms with van der Waals surface area (Å²) in [7, 11) is 0. The molecule has 2 aromatic carbocycles. The molecule has 1 N–H and O–H groups in total. The van der Waals surface area contributed by atoms with Gasteiger partial charge < -0.3 is 9.84 Å². The molecule has 130 valence electrons. The Kier molecular flexibility index (Phi) is 5.81. The topological polar surface area (TPSA) is 59.4 Å². The molecule has 0 unspecified atom stereocenters. The molecule has 0 spiro atoms. The number of pyridine rings is 1. The first-order valence-corrected chi connectivity index (χ1v) is 8.75. The number of ether oxygens (including phenoxy) is 1. The highest BCUT2D eigenvalue weighted by Gasteiger charge is 2.11. The van der Waals surface area contributed by atoms with E-state index >= 15 is 0 Å². The van der Waals surface area contributed by atoms with Crippen molar-refractivity contribution in [2.75, 3.05) is 0 Å². The van der Waals surface area contributed by atoms with Crippen molar-refractivity contribution in [1.82, 2.24) is 4.98 Å². The number of nitrogens with zero attached hydrogens (tertiary/aromatic N) is 1. The standard InChI is InChI=1S/C21H16BrNO3/c22-17-9-6-15(7-10-17)8-11-19(24)21-20(25)12-18(13-23-21)26-14-16-4-2-1-3-5-16/h1-13,25H,14H2/b11-8+. The minimum Gasteiger partial charge on any atom is -0.505 e. The zero-order chi connectivity index (χ0) is 18.4. The van der Waals surface area contributed by atoms with Crippen LogP contribution in [-0.4, -0.2) is 15.9 Å². The van der Waals surface area contributed by atoms with E-state index in [9.17, 15) is 9.90 Å². The highest BCUT2D eigenvalue weighted by atomic mass is 79.9. The van der Waals surface area contributed by atoms with Gasteiger partial charge in [0.1, 0.15) is 18.1 Å². The van der Waals surface area contributed by atoms with E-state index in [4.69, 9.17) is 4.74 Å². The highest BCUT2D eigenvalue weighted by Crippen LogP contribution is 2.23. The smallest absolute Gasteiger partial charge is 0.207 e. The Morgan fingerprint density at radius 1 is 1.12 bits per heavy atom. The van der Waals surface area contributed by atoms with Gasteiger partial charge in [-0.25, -0.2) is 4.98 Å². The molecule has 0 radical (unpaired) electrons. The van der Waals surface area contributed by atoms with E-state index in [1.54, 1.807) is 6.08 Å². The SMILES string of the molecule is O=C(/C=C/c1ccc(Br)cc1)c1ncc(OCc2ccccc2)cc1O. The molecule has 4 nitrogen and oxygen atoms in total. The second-order valence-corrected chi connectivity index (χ2v) is 6.48. The maximum absolute atomic E-state index is 12.2. The molecule has 0 aliphatic heterocycles. The average Bonchev–Trinajstić information content (AvgIpc) is 2.66. The Morgan fingerprint density at radius 3 is 2.54 bits per heavy atom. The van der Waals surface area contributed by atoms with Crippen molar-refractivity contribution in [3.05, 3.63) is 94.2 Å². The molecule has 0 atom stereocenters. The van der Waals surface area contributed by atoms with Gasteiger partial charge in [0.25, 0.3) is 0 Å². The molecule has 0 saturated heterocycles. The van der Waals surface area contributed by atoms with E-state index in [1.807, 2.05) is 54.6 Å². The van der Waals surface area contributed by atoms with Crippen LogP contribution in [0.15, 0.2) is 77.4 Å². The molecule has 1 heterocycles. The van der Waals surface area contributed by atoms with Crippen molar-refractivity contribution in [3.8, 4) is 11.5 Å². The largest absolute Gasteiger partial charge is 0.505 e. The molecule has 3 aromatic rings. The van der Waals surface area contributed by atoms with E-state index in [1.165, 1.54) is 18.3 Å². The molecule has 0 aliphatic carbocycles. The van der Waals surface area contributed by atoms with Crippen LogP contribution in [0.3, 0.4) is 0 Å². The lowest BCUT2D eigenvalue weighted by atomic mass is 10.1. The summed E-state index contributed by atoms with van der Waals surface area (Å²) in [5, 5.41) is 10.1. The van der Waals surface area contributed by atoms with Gasteiger partial charge in [0.2, 0.25) is 5.78 Å². The maximum Gasteiger partial charge on any atom is 0.207 e. The number of hydrogen-bond acceptors (Lipinski definition) is 4. The van der Waals surface area contributed by atoms with Crippen LogP contribution >= 0.6 is 15.9 Å². The van der Waals surface area contributed by atoms with Crippen LogP contribution in [0.25, 0.3) is 6.08 Å². The summed E-state index contributed by atoms with van der Waals surface area (Å²) in [6, 6.07) is 18.6. The van der Waals surface area contributed by atoms with Gasteiger partial charge in [-0.15, -0.1) is 0 Å². The number of aromatic nitrogens is 1. The molecule has 26 heavy (non-hydrogen) atoms. The summed E-state index contributed by atoms with van der Waals surface area (Å²) in [6.45, 7) is 0.360. The molecule has 0 fully saturated rings. The van der Waals surface area contributed by atoms with Crippen molar-refractivity contribution in [3.63, 3.8) is 0 Å². The number of rotatable bonds is 6. The Morgan fingerprint density at radius 2 is 1.85 bits per heavy atom. The number of benzene rings is 2. The lowest BCUT2D eigenvalue weighted by Crippen LogP contribution is -2.01. The van der Waals surface area contributed by atoms with Gasteiger partial charge in [0, 0.05) is 10.5 Å². The van der Waals surface area contributed by atoms with Crippen LogP contribution in [0.1, 0.15) is 21.6 Å². The van der Waals surface area contributed by atoms with Gasteiger partial charge in [-0.3, -0.25) is 4.79 Å². The predicted molar refractivity (Wildman–Crippen MR) is 104 cm³/mol. The first-order chi connectivity index (χ1) is 12.6. The summed E-state index contributed by atoms with van der Waals surface area (Å²) >= 11 is 3.36. The molecule has 0 aliphatic rings. The van der Waals surface area contributed by atoms with Crippen LogP contribution in [0, 0.1) is 0 Å². The van der Waals surface area contributed by atoms with Crippen molar-refractivity contribution in [1.29, 1.82) is 0 Å². The Labute approximate surface area is 159 Å². The number of hydrogen-bond donors (Lipinski definition) is 1. The van der Waals surface area contributed by atoms with Gasteiger partial charge in [-0.1, -0.05) is 64.5 Å². The van der Waals surface area contributed by atoms with Crippen LogP contribution < -0.4 is 4.74 Å². The van der Waals surface area contributed by atoms with E-state index in [2.05, 4.69) is 20.9 Å². The number of allylic oxidation sites excluding steroid dienone is 1. The number of carbonyl (C=O) groups excluding carboxylic acids is 1. The fourth-order valence-corrected chi connectivity index (χ4v) is 2.53. The van der Waals surface area contributed by atoms with Crippen LogP contribution in [0.5, 0.6) is 11.5 Å². The molecule has 0 saturated carbocycles. The number of aromatic hydroxyl groups is 1. The summed E-state index contributed by atoms with van der Waals surface area (Å²) in [6.07, 6.45) is 4.49. The fourth-order valence-electron chi connectivity index (χ4n) is 2.27. The molecule has 1 aromatic heterocycles. The number of halogens is 1. The average molecular weight is 410 g/mol. The zero-order valence-corrected chi connectivity index (χ0v) is 15.4. The third kappa shape index (κ3) is 4.80. The van der Waals surface area contributed by atoms with E-state index in [0.717, 1.165) is 15.6 Å². The zero-order valence-electron chi connectivity index (χ0n) is 13.8. The molecular weight excluding hydrogens is 394 g/mol. The Bertz CT molecular complexity index is 922. The lowest BCUT2D eigenvalue weighted by molar-refractivity contribution is 0.104. The third-order valence-electron chi connectivity index (χ3n) is 3.62. The summed E-state index contributed by atoms with van der Waals surface area (Å²) in [4.78, 5) is 16.3. The molecular formula is C21H16BrNO3. The second kappa shape index (κ2) is 8.45. The van der Waals surface area contributed by atoms with Crippen molar-refractivity contribution in [2.45, 2.75) is 6.61 Å². The first-order valence-electron chi connectivity index (χ1n) is 7.95. The van der Waals surface area contributed by atoms with E-state index < -0.39 is 0 Å². The van der Waals surface area contributed by atoms with Gasteiger partial charge in [-0.05, 0) is 29.3 Å². The third-order valence-corrected chi connectivity index (χ3v) is 4.15. The second-order valence-electron chi connectivity index (χ2n) is 5.56. The fraction of sp³-hybridized carbons (Fsp3) is 0.0476. The van der Waals surface area contributed by atoms with Gasteiger partial charge >= 0.3 is 0 Å². The highest BCUT2D eigenvalue weighted by molar-refractivity contribution is 9.10. The van der Waals surface area contributed by atoms with E-state index in [0.29, 0.717) is 12.4 Å². The quantitative estimate of drug-likeness (QED) is 0.458. The summed E-state index contributed by atoms with van der Waals surface area (Å²) in [5.41, 5.74) is 1.87. The first kappa shape index (κ1) is 17.9. The Hall–Kier alpha value is -2.92. The number of carbonyl (C=O) groups is 1. The van der Waals surface area contributed by atoms with Gasteiger partial charge in [0.05, 0.1) is 6.20 Å². The van der Waals surface area contributed by atoms with Crippen molar-refractivity contribution >= 4 is 27.8 Å². The number of ketones is 1. The van der Waals surface area contributed by atoms with Crippen LogP contribution in [0.2, 0.25) is 0 Å². The maximum atomic E-state index is 12.2. The van der Waals surface area contributed by atoms with Gasteiger partial charge in [0.15, 0.2) is 5.69 Å². The van der Waals surface area contributed by atoms with Crippen LogP contribution in [0.4, 0.5) is 0 Å². The van der Waals surface area contributed by atoms with Crippen molar-refractivity contribution < 1.29 is 14.6 Å². The summed E-state index contributed by atoms with van der Waals surface area (Å²) < 4.78 is 6.56. The summed E-state index contributed by atoms with van der Waals surface area (Å²) in [5.74, 6) is -0.180. The monoisotopic (exact) mass is 409 g/mol. The molecule has 0 bridgehead atoms. The normalized spacial score (nSPS) is 10.8. The lowest BCUT2D eigenvalue weighted by Gasteiger charge is -2.07. The van der Waals surface area contributed by atoms with Crippen molar-refractivity contribution in [2.24, 2.45) is 0 Å². The van der Waals surface area contributed by atoms with Gasteiger partial charge in [-0.2, -0.15) is 0 Å². The minimum atomic E-state index is -0.375. The van der Waals surface area contributed by atoms with Crippen LogP contribution in [-0.2, 0) is 6.61 Å². The molecule has 0 amide bonds. The minimum absolute atomic E-state index is 0.00887. The molecule has 5 heteroatoms. The molecule has 3 rings (SSSR count). The Balaban J connectivity index is 1.66. The van der Waals surface area contributed by atoms with E-state index in [-0.39, 0.29) is 17.2 Å².